The van der Waals surface area contributed by atoms with Crippen LogP contribution in [0.4, 0.5) is 0 Å². The van der Waals surface area contributed by atoms with E-state index < -0.39 is 12.1 Å². The SMILES string of the molecule is C.C.CC(O)CCC(=O)c1ccc(CC2CC[C@H]([C@H](C)c3ccccc3)C2)cc1.CC(O)CN.COC(C)CN(C)C(=O)c1ccc(CC2CC[C@H]([C@H](C)c3ccccc3)C2)cc1.COC(C)CN(C)C(=O)c1ccc(CC2CC[C@H]([C@H](O)c3ccccc3)C2)cc1.C[C@H](c1ccccc1)[C@H]1CCC(Cc2ccc(C(=O)O)cc2)C1.[B]. The number of aliphatic hydroxyl groups excluding tert-OH is 3. The van der Waals surface area contributed by atoms with Gasteiger partial charge in [0.2, 0.25) is 0 Å². The number of carbonyl (C=O) groups excluding carboxylic acids is 3. The Bertz CT molecular complexity index is 3900. The van der Waals surface area contributed by atoms with E-state index in [1.54, 1.807) is 50.0 Å². The van der Waals surface area contributed by atoms with Crippen LogP contribution in [0.5, 0.6) is 0 Å². The lowest BCUT2D eigenvalue weighted by Gasteiger charge is -2.21. The largest absolute Gasteiger partial charge is 0.478 e. The van der Waals surface area contributed by atoms with Crippen LogP contribution in [-0.4, -0.2) is 135 Å². The Kier molecular flexibility index (Phi) is 43.3. The number of ketones is 1. The van der Waals surface area contributed by atoms with E-state index in [9.17, 15) is 29.4 Å². The van der Waals surface area contributed by atoms with Gasteiger partial charge in [0, 0.05) is 79.5 Å². The predicted octanol–water partition coefficient (Wildman–Crippen LogP) is 21.2. The van der Waals surface area contributed by atoms with Gasteiger partial charge in [-0.25, -0.2) is 4.79 Å². The molecule has 4 aliphatic carbocycles. The Balaban J connectivity index is 0.000000269. The standard InChI is InChI=1S/C26H35NO2.C25H33NO3.C25H32O2.C21H24O2.C3H9NO.2CH4.B/c1-19(29-4)18-27(3)26(28)24-13-10-21(11-14-24)16-22-12-15-25(17-22)20(2)23-8-6-5-7-9-23;1-18(29-3)17-26(2)25(28)22-12-9-19(10-13-22)15-20-11-14-23(16-20)24(27)21-7-5-4-6-8-21;1-18(26)8-15-25(27)23-12-9-20(10-13-23)16-21-11-14-24(17-21)19(2)22-6-4-3-5-7-22;1-15(18-5-3-2-4-6-18)20-12-9-17(14-20)13-16-7-10-19(11-8-16)21(22)23;1-3(5)2-4;;;/h5-11,13-14,19-20,22,25H,12,15-18H2,1-4H3;4-10,12-13,18,20,23-24,27H,11,14-17H2,1-3H3;3-7,9-10,12-13,18-19,21,24,26H,8,11,14-17H2,1-2H3;2-8,10-11,15,17,20H,9,12-14H2,1H3,(H,22,23);3,5H,2,4H2,1H3;2*1H4;/t19?,20-,22?,25+;18?,20?,23-,24+;18?,19-,21?,24+;15-,17?,20+;;;;/m1011..../s1. The number of nitrogens with zero attached hydrogens (tertiary/aromatic N) is 2. The van der Waals surface area contributed by atoms with Crippen LogP contribution in [0.2, 0.25) is 0 Å². The molecule has 0 aliphatic heterocycles. The van der Waals surface area contributed by atoms with Gasteiger partial charge < -0.3 is 45.4 Å². The maximum Gasteiger partial charge on any atom is 0.335 e. The van der Waals surface area contributed by atoms with Crippen LogP contribution < -0.4 is 5.73 Å². The van der Waals surface area contributed by atoms with Crippen molar-refractivity contribution in [1.29, 1.82) is 0 Å². The Hall–Kier alpha value is -8.34. The van der Waals surface area contributed by atoms with Crippen molar-refractivity contribution in [3.05, 3.63) is 285 Å². The van der Waals surface area contributed by atoms with Crippen LogP contribution in [0, 0.1) is 47.3 Å². The maximum absolute atomic E-state index is 12.6. The maximum atomic E-state index is 12.6. The predicted molar refractivity (Wildman–Crippen MR) is 479 cm³/mol. The highest BCUT2D eigenvalue weighted by Crippen LogP contribution is 2.45. The van der Waals surface area contributed by atoms with Crippen molar-refractivity contribution in [2.75, 3.05) is 47.9 Å². The van der Waals surface area contributed by atoms with E-state index in [4.69, 9.17) is 25.4 Å². The van der Waals surface area contributed by atoms with Crippen LogP contribution in [-0.2, 0) is 35.2 Å². The fourth-order valence-corrected chi connectivity index (χ4v) is 17.4. The molecule has 4 aliphatic rings. The zero-order valence-electron chi connectivity index (χ0n) is 70.2. The van der Waals surface area contributed by atoms with E-state index in [-0.39, 0.29) is 65.3 Å². The fourth-order valence-electron chi connectivity index (χ4n) is 17.4. The normalized spacial score (nSPS) is 20.5. The highest BCUT2D eigenvalue weighted by molar-refractivity contribution is 5.96. The zero-order valence-corrected chi connectivity index (χ0v) is 70.2. The third-order valence-electron chi connectivity index (χ3n) is 24.7. The van der Waals surface area contributed by atoms with Crippen molar-refractivity contribution in [1.82, 2.24) is 9.80 Å². The lowest BCUT2D eigenvalue weighted by Crippen LogP contribution is -2.33. The van der Waals surface area contributed by atoms with E-state index in [0.29, 0.717) is 73.2 Å². The number of methoxy groups -OCH3 is 2. The molecule has 0 saturated heterocycles. The summed E-state index contributed by atoms with van der Waals surface area (Å²) >= 11 is 0. The number of likely N-dealkylation sites (N-methyl/N-ethyl adjacent to an activating group) is 2. The number of carboxylic acid groups (broad SMARTS) is 1. The van der Waals surface area contributed by atoms with Gasteiger partial charge >= 0.3 is 5.97 Å². The summed E-state index contributed by atoms with van der Waals surface area (Å²) in [7, 11) is 6.97. The molecule has 0 aromatic heterocycles. The summed E-state index contributed by atoms with van der Waals surface area (Å²) < 4.78 is 10.5. The molecule has 8 unspecified atom stereocenters. The molecule has 627 valence electrons. The minimum Gasteiger partial charge on any atom is -0.478 e. The van der Waals surface area contributed by atoms with E-state index in [2.05, 4.69) is 148 Å². The molecule has 4 saturated carbocycles. The number of hydrogen-bond acceptors (Lipinski definition) is 10. The molecule has 116 heavy (non-hydrogen) atoms. The van der Waals surface area contributed by atoms with Gasteiger partial charge in [0.1, 0.15) is 0 Å². The number of benzene rings is 8. The summed E-state index contributed by atoms with van der Waals surface area (Å²) in [5.74, 6) is 6.69. The second-order valence-corrected chi connectivity index (χ2v) is 33.5. The van der Waals surface area contributed by atoms with Gasteiger partial charge in [0.05, 0.1) is 36.1 Å². The van der Waals surface area contributed by atoms with Crippen molar-refractivity contribution < 1.29 is 49.1 Å². The molecule has 6 N–H and O–H groups in total. The van der Waals surface area contributed by atoms with E-state index in [1.807, 2.05) is 107 Å². The Labute approximate surface area is 700 Å². The monoisotopic (exact) mass is 1580 g/mol. The second-order valence-electron chi connectivity index (χ2n) is 33.5. The number of carboxylic acids is 1. The van der Waals surface area contributed by atoms with Gasteiger partial charge in [-0.1, -0.05) is 218 Å². The highest BCUT2D eigenvalue weighted by Gasteiger charge is 2.34. The zero-order chi connectivity index (χ0) is 81.3. The second kappa shape index (κ2) is 51.1. The molecular weight excluding hydrogens is 1440 g/mol. The van der Waals surface area contributed by atoms with Crippen molar-refractivity contribution in [2.24, 2.45) is 53.1 Å². The summed E-state index contributed by atoms with van der Waals surface area (Å²) in [4.78, 5) is 51.6. The number of nitrogens with two attached hydrogens (primary N) is 1. The first kappa shape index (κ1) is 98.2. The topological polar surface area (TPSA) is 200 Å². The summed E-state index contributed by atoms with van der Waals surface area (Å²) in [5, 5.41) is 37.2. The van der Waals surface area contributed by atoms with Crippen molar-refractivity contribution in [2.45, 2.75) is 227 Å². The molecule has 0 bridgehead atoms. The number of aromatic carboxylic acids is 1. The molecule has 13 nitrogen and oxygen atoms in total. The van der Waals surface area contributed by atoms with Crippen molar-refractivity contribution in [3.8, 4) is 0 Å². The number of ether oxygens (including phenoxy) is 2. The number of Topliss-reactive ketones (excluding diaryl/α,β-unsaturated/α-hetero) is 1. The first-order valence-electron chi connectivity index (χ1n) is 42.0. The van der Waals surface area contributed by atoms with E-state index >= 15 is 0 Å². The van der Waals surface area contributed by atoms with E-state index in [0.717, 1.165) is 97.1 Å². The number of amides is 2. The third kappa shape index (κ3) is 31.8. The highest BCUT2D eigenvalue weighted by atomic mass is 16.5. The summed E-state index contributed by atoms with van der Waals surface area (Å²) in [6.07, 6.45) is 19.1. The number of hydrogen-bond donors (Lipinski definition) is 5. The molecule has 4 fully saturated rings. The Morgan fingerprint density at radius 3 is 0.931 bits per heavy atom. The summed E-state index contributed by atoms with van der Waals surface area (Å²) in [6, 6.07) is 74.3. The molecule has 3 radical (unpaired) electrons. The van der Waals surface area contributed by atoms with Crippen LogP contribution >= 0.6 is 0 Å². The molecule has 12 rings (SSSR count). The first-order valence-corrected chi connectivity index (χ1v) is 42.0. The molecule has 14 heteroatoms. The smallest absolute Gasteiger partial charge is 0.335 e. The van der Waals surface area contributed by atoms with Gasteiger partial charge in [0.25, 0.3) is 11.8 Å². The van der Waals surface area contributed by atoms with Gasteiger partial charge in [0.15, 0.2) is 5.78 Å². The van der Waals surface area contributed by atoms with Crippen LogP contribution in [0.3, 0.4) is 0 Å². The molecule has 16 atom stereocenters. The molecule has 8 aromatic carbocycles. The number of aliphatic hydroxyl groups is 3. The van der Waals surface area contributed by atoms with Gasteiger partial charge in [-0.05, 0) is 283 Å². The summed E-state index contributed by atoms with van der Waals surface area (Å²) in [5.41, 5.74) is 18.1. The summed E-state index contributed by atoms with van der Waals surface area (Å²) in [6.45, 7) is 15.9. The molecular formula is C102H141BN3O10. The van der Waals surface area contributed by atoms with Crippen molar-refractivity contribution >= 4 is 32.0 Å². The van der Waals surface area contributed by atoms with Crippen LogP contribution in [0.15, 0.2) is 218 Å². The Morgan fingerprint density at radius 1 is 0.388 bits per heavy atom. The lowest BCUT2D eigenvalue weighted by atomic mass is 9.85. The quantitative estimate of drug-likeness (QED) is 0.0212. The lowest BCUT2D eigenvalue weighted by molar-refractivity contribution is 0.0597. The van der Waals surface area contributed by atoms with Gasteiger partial charge in [-0.2, -0.15) is 0 Å². The molecule has 2 amide bonds. The van der Waals surface area contributed by atoms with Gasteiger partial charge in [-0.3, -0.25) is 14.4 Å². The van der Waals surface area contributed by atoms with Crippen LogP contribution in [0.1, 0.15) is 263 Å². The minimum absolute atomic E-state index is 0. The number of carbonyl (C=O) groups is 4. The van der Waals surface area contributed by atoms with Crippen molar-refractivity contribution in [3.63, 3.8) is 0 Å². The average Bonchev–Trinajstić information content (AvgIpc) is 1.71. The third-order valence-corrected chi connectivity index (χ3v) is 24.7. The number of rotatable bonds is 30. The van der Waals surface area contributed by atoms with Gasteiger partial charge in [-0.15, -0.1) is 0 Å². The van der Waals surface area contributed by atoms with E-state index in [1.165, 1.54) is 96.7 Å². The molecule has 8 aromatic rings. The first-order chi connectivity index (χ1) is 54.4. The molecule has 0 heterocycles. The molecule has 0 spiro atoms. The fraction of sp³-hybridized carbons (Fsp3) is 0.490. The Morgan fingerprint density at radius 2 is 0.655 bits per heavy atom. The van der Waals surface area contributed by atoms with Crippen LogP contribution in [0.25, 0.3) is 0 Å². The minimum atomic E-state index is -0.853. The average molecular weight is 1580 g/mol.